The summed E-state index contributed by atoms with van der Waals surface area (Å²) >= 11 is 7.68. The molecule has 1 fully saturated rings. The Hall–Kier alpha value is -1.24. The third-order valence-corrected chi connectivity index (χ3v) is 5.91. The number of likely N-dealkylation sites (tertiary alicyclic amines) is 1. The Balaban J connectivity index is 1.96. The molecule has 2 unspecified atom stereocenters. The van der Waals surface area contributed by atoms with Gasteiger partial charge in [-0.15, -0.1) is 11.8 Å². The molecule has 1 aliphatic heterocycles. The van der Waals surface area contributed by atoms with Gasteiger partial charge in [0.25, 0.3) is 0 Å². The minimum atomic E-state index is -0.222. The van der Waals surface area contributed by atoms with Crippen LogP contribution in [-0.4, -0.2) is 47.6 Å². The van der Waals surface area contributed by atoms with Gasteiger partial charge in [-0.1, -0.05) is 23.7 Å². The van der Waals surface area contributed by atoms with Crippen molar-refractivity contribution in [1.82, 2.24) is 10.2 Å². The second-order valence-electron chi connectivity index (χ2n) is 6.21. The third kappa shape index (κ3) is 5.90. The average molecular weight is 384 g/mol. The summed E-state index contributed by atoms with van der Waals surface area (Å²) in [5.74, 6) is 0.0432. The summed E-state index contributed by atoms with van der Waals surface area (Å²) in [4.78, 5) is 27.4. The molecule has 25 heavy (non-hydrogen) atoms. The summed E-state index contributed by atoms with van der Waals surface area (Å²) in [7, 11) is 0. The standard InChI is InChI=1S/C18H26ClN3O2S/c1-13(25-16-8-3-2-7-15(16)19)18(24)22-11-5-4-6-14(22)12-21-17(23)9-10-20/h2-3,7-8,13-14H,4-6,9-12,20H2,1H3,(H,21,23). The summed E-state index contributed by atoms with van der Waals surface area (Å²) in [5.41, 5.74) is 5.40. The molecular weight excluding hydrogens is 358 g/mol. The van der Waals surface area contributed by atoms with Crippen LogP contribution in [0.25, 0.3) is 0 Å². The fraction of sp³-hybridized carbons (Fsp3) is 0.556. The van der Waals surface area contributed by atoms with Gasteiger partial charge in [0.2, 0.25) is 11.8 Å². The first kappa shape index (κ1) is 20.1. The molecule has 1 aromatic carbocycles. The number of carbonyl (C=O) groups excluding carboxylic acids is 2. The van der Waals surface area contributed by atoms with Crippen molar-refractivity contribution < 1.29 is 9.59 Å². The first-order valence-electron chi connectivity index (χ1n) is 8.71. The largest absolute Gasteiger partial charge is 0.354 e. The molecule has 7 heteroatoms. The SMILES string of the molecule is CC(Sc1ccccc1Cl)C(=O)N1CCCCC1CNC(=O)CCN. The number of piperidine rings is 1. The van der Waals surface area contributed by atoms with Gasteiger partial charge in [-0.25, -0.2) is 0 Å². The Morgan fingerprint density at radius 1 is 1.40 bits per heavy atom. The molecular formula is C18H26ClN3O2S. The lowest BCUT2D eigenvalue weighted by atomic mass is 10.0. The van der Waals surface area contributed by atoms with Crippen molar-refractivity contribution in [2.75, 3.05) is 19.6 Å². The van der Waals surface area contributed by atoms with Crippen LogP contribution < -0.4 is 11.1 Å². The van der Waals surface area contributed by atoms with Crippen molar-refractivity contribution >= 4 is 35.2 Å². The van der Waals surface area contributed by atoms with Gasteiger partial charge >= 0.3 is 0 Å². The first-order valence-corrected chi connectivity index (χ1v) is 9.97. The number of benzene rings is 1. The second-order valence-corrected chi connectivity index (χ2v) is 8.00. The predicted molar refractivity (Wildman–Crippen MR) is 103 cm³/mol. The molecule has 0 spiro atoms. The van der Waals surface area contributed by atoms with Crippen molar-refractivity contribution in [2.45, 2.75) is 48.8 Å². The zero-order valence-corrected chi connectivity index (χ0v) is 16.1. The predicted octanol–water partition coefficient (Wildman–Crippen LogP) is 2.67. The van der Waals surface area contributed by atoms with Crippen LogP contribution in [0.4, 0.5) is 0 Å². The third-order valence-electron chi connectivity index (χ3n) is 4.30. The number of halogens is 1. The van der Waals surface area contributed by atoms with Crippen LogP contribution in [0.3, 0.4) is 0 Å². The molecule has 2 atom stereocenters. The van der Waals surface area contributed by atoms with Crippen LogP contribution in [0.5, 0.6) is 0 Å². The van der Waals surface area contributed by atoms with E-state index in [9.17, 15) is 9.59 Å². The van der Waals surface area contributed by atoms with Crippen LogP contribution in [0.2, 0.25) is 5.02 Å². The molecule has 1 heterocycles. The smallest absolute Gasteiger partial charge is 0.236 e. The molecule has 138 valence electrons. The summed E-state index contributed by atoms with van der Waals surface area (Å²) in [6.45, 7) is 3.48. The second kappa shape index (κ2) is 10.0. The van der Waals surface area contributed by atoms with Crippen LogP contribution in [0, 0.1) is 0 Å². The number of hydrogen-bond acceptors (Lipinski definition) is 4. The van der Waals surface area contributed by atoms with Crippen LogP contribution >= 0.6 is 23.4 Å². The van der Waals surface area contributed by atoms with E-state index >= 15 is 0 Å². The summed E-state index contributed by atoms with van der Waals surface area (Å²) in [6.07, 6.45) is 3.31. The van der Waals surface area contributed by atoms with E-state index in [1.54, 1.807) is 0 Å². The minimum absolute atomic E-state index is 0.0530. The zero-order chi connectivity index (χ0) is 18.2. The Morgan fingerprint density at radius 3 is 2.88 bits per heavy atom. The normalized spacial score (nSPS) is 18.7. The highest BCUT2D eigenvalue weighted by Crippen LogP contribution is 2.31. The molecule has 0 aromatic heterocycles. The topological polar surface area (TPSA) is 75.4 Å². The van der Waals surface area contributed by atoms with E-state index in [2.05, 4.69) is 5.32 Å². The lowest BCUT2D eigenvalue weighted by Gasteiger charge is -2.37. The highest BCUT2D eigenvalue weighted by molar-refractivity contribution is 8.00. The minimum Gasteiger partial charge on any atom is -0.354 e. The van der Waals surface area contributed by atoms with Crippen LogP contribution in [-0.2, 0) is 9.59 Å². The number of nitrogens with zero attached hydrogens (tertiary/aromatic N) is 1. The molecule has 5 nitrogen and oxygen atoms in total. The van der Waals surface area contributed by atoms with Gasteiger partial charge in [0.05, 0.1) is 10.3 Å². The quantitative estimate of drug-likeness (QED) is 0.710. The number of nitrogens with one attached hydrogen (secondary N) is 1. The Labute approximate surface area is 158 Å². The number of hydrogen-bond donors (Lipinski definition) is 2. The molecule has 1 aliphatic rings. The van der Waals surface area contributed by atoms with Crippen molar-refractivity contribution in [3.8, 4) is 0 Å². The maximum atomic E-state index is 12.9. The van der Waals surface area contributed by atoms with Gasteiger partial charge in [-0.3, -0.25) is 9.59 Å². The van der Waals surface area contributed by atoms with Gasteiger partial charge in [-0.2, -0.15) is 0 Å². The molecule has 2 rings (SSSR count). The number of carbonyl (C=O) groups is 2. The lowest BCUT2D eigenvalue weighted by Crippen LogP contribution is -2.51. The number of amides is 2. The van der Waals surface area contributed by atoms with E-state index in [4.69, 9.17) is 17.3 Å². The Kier molecular flexibility index (Phi) is 8.06. The summed E-state index contributed by atoms with van der Waals surface area (Å²) < 4.78 is 0. The molecule has 0 saturated carbocycles. The van der Waals surface area contributed by atoms with E-state index in [1.807, 2.05) is 36.1 Å². The number of nitrogens with two attached hydrogens (primary N) is 1. The van der Waals surface area contributed by atoms with E-state index in [0.717, 1.165) is 30.7 Å². The molecule has 0 aliphatic carbocycles. The van der Waals surface area contributed by atoms with E-state index < -0.39 is 0 Å². The van der Waals surface area contributed by atoms with Crippen LogP contribution in [0.1, 0.15) is 32.6 Å². The van der Waals surface area contributed by atoms with Gasteiger partial charge in [0.1, 0.15) is 0 Å². The van der Waals surface area contributed by atoms with E-state index in [1.165, 1.54) is 11.8 Å². The fourth-order valence-electron chi connectivity index (χ4n) is 2.97. The highest BCUT2D eigenvalue weighted by Gasteiger charge is 2.30. The molecule has 0 radical (unpaired) electrons. The van der Waals surface area contributed by atoms with Crippen molar-refractivity contribution in [2.24, 2.45) is 5.73 Å². The van der Waals surface area contributed by atoms with Crippen LogP contribution in [0.15, 0.2) is 29.2 Å². The van der Waals surface area contributed by atoms with E-state index in [-0.39, 0.29) is 23.1 Å². The molecule has 0 bridgehead atoms. The first-order chi connectivity index (χ1) is 12.0. The highest BCUT2D eigenvalue weighted by atomic mass is 35.5. The Bertz CT molecular complexity index is 599. The van der Waals surface area contributed by atoms with Gasteiger partial charge < -0.3 is 16.0 Å². The number of thioether (sulfide) groups is 1. The van der Waals surface area contributed by atoms with Gasteiger partial charge in [0, 0.05) is 37.0 Å². The molecule has 1 saturated heterocycles. The van der Waals surface area contributed by atoms with Gasteiger partial charge in [0.15, 0.2) is 0 Å². The molecule has 3 N–H and O–H groups in total. The summed E-state index contributed by atoms with van der Waals surface area (Å²) in [6, 6.07) is 7.61. The van der Waals surface area contributed by atoms with E-state index in [0.29, 0.717) is 24.5 Å². The maximum absolute atomic E-state index is 12.9. The zero-order valence-electron chi connectivity index (χ0n) is 14.5. The Morgan fingerprint density at radius 2 is 2.16 bits per heavy atom. The molecule has 1 aromatic rings. The summed E-state index contributed by atoms with van der Waals surface area (Å²) in [5, 5.41) is 3.34. The van der Waals surface area contributed by atoms with Gasteiger partial charge in [-0.05, 0) is 38.3 Å². The van der Waals surface area contributed by atoms with Crippen molar-refractivity contribution in [3.63, 3.8) is 0 Å². The number of rotatable bonds is 7. The average Bonchev–Trinajstić information content (AvgIpc) is 2.61. The monoisotopic (exact) mass is 383 g/mol. The van der Waals surface area contributed by atoms with Crippen molar-refractivity contribution in [3.05, 3.63) is 29.3 Å². The fourth-order valence-corrected chi connectivity index (χ4v) is 4.19. The van der Waals surface area contributed by atoms with Crippen molar-refractivity contribution in [1.29, 1.82) is 0 Å². The maximum Gasteiger partial charge on any atom is 0.236 e. The molecule has 2 amide bonds. The lowest BCUT2D eigenvalue weighted by molar-refractivity contribution is -0.134.